The standard InChI is InChI=1S/C16H18FN5O2/c1-2-18-16(24)22-8-12-13(9-22)20-21-15(12)19-14(23)7-10-4-3-5-11(17)6-10/h3-6H,2,7-9H2,1H3,(H,18,24)(H2,19,20,21,23). The molecule has 0 atom stereocenters. The number of aromatic nitrogens is 2. The van der Waals surface area contributed by atoms with Crippen molar-refractivity contribution in [2.24, 2.45) is 0 Å². The van der Waals surface area contributed by atoms with E-state index in [0.29, 0.717) is 31.0 Å². The first-order chi connectivity index (χ1) is 11.6. The Morgan fingerprint density at radius 1 is 1.38 bits per heavy atom. The van der Waals surface area contributed by atoms with Crippen LogP contribution in [0.25, 0.3) is 0 Å². The van der Waals surface area contributed by atoms with Gasteiger partial charge in [-0.1, -0.05) is 12.1 Å². The Kier molecular flexibility index (Phi) is 4.45. The van der Waals surface area contributed by atoms with Crippen LogP contribution in [0.1, 0.15) is 23.7 Å². The van der Waals surface area contributed by atoms with Crippen molar-refractivity contribution in [3.63, 3.8) is 0 Å². The summed E-state index contributed by atoms with van der Waals surface area (Å²) in [5, 5.41) is 12.4. The van der Waals surface area contributed by atoms with Gasteiger partial charge in [0.15, 0.2) is 0 Å². The van der Waals surface area contributed by atoms with E-state index in [1.807, 2.05) is 6.92 Å². The number of nitrogens with one attached hydrogen (secondary N) is 3. The monoisotopic (exact) mass is 331 g/mol. The van der Waals surface area contributed by atoms with Gasteiger partial charge in [0.1, 0.15) is 11.6 Å². The Hall–Kier alpha value is -2.90. The minimum atomic E-state index is -0.375. The summed E-state index contributed by atoms with van der Waals surface area (Å²) in [6, 6.07) is 5.76. The van der Waals surface area contributed by atoms with Gasteiger partial charge in [0.25, 0.3) is 0 Å². The maximum atomic E-state index is 13.2. The molecule has 0 unspecified atom stereocenters. The quantitative estimate of drug-likeness (QED) is 0.797. The molecule has 1 aliphatic heterocycles. The van der Waals surface area contributed by atoms with E-state index in [1.165, 1.54) is 12.1 Å². The largest absolute Gasteiger partial charge is 0.338 e. The fourth-order valence-electron chi connectivity index (χ4n) is 2.66. The number of H-pyrrole nitrogens is 1. The van der Waals surface area contributed by atoms with Crippen LogP contribution in [-0.4, -0.2) is 33.6 Å². The van der Waals surface area contributed by atoms with Crippen molar-refractivity contribution < 1.29 is 14.0 Å². The second-order valence-electron chi connectivity index (χ2n) is 5.57. The van der Waals surface area contributed by atoms with Crippen molar-refractivity contribution in [1.82, 2.24) is 20.4 Å². The number of amides is 3. The maximum Gasteiger partial charge on any atom is 0.318 e. The lowest BCUT2D eigenvalue weighted by Crippen LogP contribution is -2.36. The van der Waals surface area contributed by atoms with Crippen molar-refractivity contribution >= 4 is 17.8 Å². The molecule has 0 bridgehead atoms. The molecule has 3 N–H and O–H groups in total. The molecule has 0 fully saturated rings. The first-order valence-electron chi connectivity index (χ1n) is 7.70. The molecule has 1 aromatic heterocycles. The van der Waals surface area contributed by atoms with Gasteiger partial charge < -0.3 is 15.5 Å². The first-order valence-corrected chi connectivity index (χ1v) is 7.70. The Bertz CT molecular complexity index is 774. The van der Waals surface area contributed by atoms with E-state index in [1.54, 1.807) is 17.0 Å². The molecule has 0 radical (unpaired) electrons. The zero-order valence-corrected chi connectivity index (χ0v) is 13.2. The van der Waals surface area contributed by atoms with E-state index in [4.69, 9.17) is 0 Å². The third-order valence-corrected chi connectivity index (χ3v) is 3.78. The zero-order valence-electron chi connectivity index (χ0n) is 13.2. The number of anilines is 1. The van der Waals surface area contributed by atoms with E-state index in [-0.39, 0.29) is 24.2 Å². The van der Waals surface area contributed by atoms with E-state index >= 15 is 0 Å². The van der Waals surface area contributed by atoms with Crippen LogP contribution in [0.4, 0.5) is 15.0 Å². The summed E-state index contributed by atoms with van der Waals surface area (Å²) in [6.07, 6.45) is 0.0611. The van der Waals surface area contributed by atoms with Gasteiger partial charge in [-0.25, -0.2) is 9.18 Å². The number of urea groups is 1. The van der Waals surface area contributed by atoms with Gasteiger partial charge in [-0.05, 0) is 24.6 Å². The van der Waals surface area contributed by atoms with Crippen LogP contribution in [-0.2, 0) is 24.3 Å². The van der Waals surface area contributed by atoms with Crippen molar-refractivity contribution in [2.75, 3.05) is 11.9 Å². The van der Waals surface area contributed by atoms with Crippen LogP contribution < -0.4 is 10.6 Å². The van der Waals surface area contributed by atoms with Gasteiger partial charge >= 0.3 is 6.03 Å². The molecular formula is C16H18FN5O2. The molecule has 0 spiro atoms. The molecule has 3 rings (SSSR count). The molecule has 1 aromatic carbocycles. The van der Waals surface area contributed by atoms with Crippen LogP contribution in [0.5, 0.6) is 0 Å². The minimum absolute atomic E-state index is 0.0611. The molecular weight excluding hydrogens is 313 g/mol. The normalized spacial score (nSPS) is 12.8. The number of hydrogen-bond acceptors (Lipinski definition) is 3. The van der Waals surface area contributed by atoms with Gasteiger partial charge in [-0.3, -0.25) is 9.89 Å². The Balaban J connectivity index is 1.64. The lowest BCUT2D eigenvalue weighted by molar-refractivity contribution is -0.115. The van der Waals surface area contributed by atoms with Crippen LogP contribution in [0.3, 0.4) is 0 Å². The third-order valence-electron chi connectivity index (χ3n) is 3.78. The highest BCUT2D eigenvalue weighted by Gasteiger charge is 2.28. The number of halogens is 1. The summed E-state index contributed by atoms with van der Waals surface area (Å²) in [5.41, 5.74) is 2.13. The Morgan fingerprint density at radius 2 is 2.21 bits per heavy atom. The van der Waals surface area contributed by atoms with Gasteiger partial charge in [-0.15, -0.1) is 0 Å². The molecule has 7 nitrogen and oxygen atoms in total. The Morgan fingerprint density at radius 3 is 2.96 bits per heavy atom. The number of hydrogen-bond donors (Lipinski definition) is 3. The lowest BCUT2D eigenvalue weighted by atomic mass is 10.1. The predicted molar refractivity (Wildman–Crippen MR) is 85.6 cm³/mol. The summed E-state index contributed by atoms with van der Waals surface area (Å²) in [7, 11) is 0. The number of benzene rings is 1. The highest BCUT2D eigenvalue weighted by Crippen LogP contribution is 2.27. The number of aromatic amines is 1. The fourth-order valence-corrected chi connectivity index (χ4v) is 2.66. The second kappa shape index (κ2) is 6.69. The van der Waals surface area contributed by atoms with Crippen molar-refractivity contribution in [2.45, 2.75) is 26.4 Å². The highest BCUT2D eigenvalue weighted by atomic mass is 19.1. The second-order valence-corrected chi connectivity index (χ2v) is 5.57. The number of rotatable bonds is 4. The average Bonchev–Trinajstić information content (AvgIpc) is 3.09. The molecule has 8 heteroatoms. The van der Waals surface area contributed by atoms with Crippen molar-refractivity contribution in [1.29, 1.82) is 0 Å². The summed E-state index contributed by atoms with van der Waals surface area (Å²) in [4.78, 5) is 25.6. The van der Waals surface area contributed by atoms with Crippen LogP contribution in [0.15, 0.2) is 24.3 Å². The summed E-state index contributed by atoms with van der Waals surface area (Å²) in [5.74, 6) is -0.165. The SMILES string of the molecule is CCNC(=O)N1Cc2n[nH]c(NC(=O)Cc3cccc(F)c3)c2C1. The van der Waals surface area contributed by atoms with Gasteiger partial charge in [-0.2, -0.15) is 5.10 Å². The van der Waals surface area contributed by atoms with Gasteiger partial charge in [0.05, 0.1) is 25.2 Å². The average molecular weight is 331 g/mol. The molecule has 1 aliphatic rings. The minimum Gasteiger partial charge on any atom is -0.338 e. The molecule has 2 aromatic rings. The molecule has 24 heavy (non-hydrogen) atoms. The topological polar surface area (TPSA) is 90.1 Å². The van der Waals surface area contributed by atoms with Crippen LogP contribution >= 0.6 is 0 Å². The van der Waals surface area contributed by atoms with E-state index in [9.17, 15) is 14.0 Å². The zero-order chi connectivity index (χ0) is 17.1. The third kappa shape index (κ3) is 3.37. The number of fused-ring (bicyclic) bond motifs is 1. The van der Waals surface area contributed by atoms with E-state index in [2.05, 4.69) is 20.8 Å². The summed E-state index contributed by atoms with van der Waals surface area (Å²) in [6.45, 7) is 3.19. The Labute approximate surface area is 138 Å². The molecule has 0 aliphatic carbocycles. The molecule has 2 heterocycles. The summed E-state index contributed by atoms with van der Waals surface area (Å²) < 4.78 is 13.2. The smallest absolute Gasteiger partial charge is 0.318 e. The first kappa shape index (κ1) is 16.0. The van der Waals surface area contributed by atoms with Crippen molar-refractivity contribution in [3.05, 3.63) is 46.9 Å². The molecule has 126 valence electrons. The molecule has 0 saturated heterocycles. The number of carbonyl (C=O) groups excluding carboxylic acids is 2. The van der Waals surface area contributed by atoms with Gasteiger partial charge in [0.2, 0.25) is 5.91 Å². The summed E-state index contributed by atoms with van der Waals surface area (Å²) >= 11 is 0. The molecule has 0 saturated carbocycles. The highest BCUT2D eigenvalue weighted by molar-refractivity contribution is 5.92. The number of carbonyl (C=O) groups is 2. The number of nitrogens with zero attached hydrogens (tertiary/aromatic N) is 2. The maximum absolute atomic E-state index is 13.2. The van der Waals surface area contributed by atoms with E-state index in [0.717, 1.165) is 11.3 Å². The van der Waals surface area contributed by atoms with Gasteiger partial charge in [0, 0.05) is 12.1 Å². The van der Waals surface area contributed by atoms with Crippen molar-refractivity contribution in [3.8, 4) is 0 Å². The predicted octanol–water partition coefficient (Wildman–Crippen LogP) is 1.78. The lowest BCUT2D eigenvalue weighted by Gasteiger charge is -2.15. The molecule has 3 amide bonds. The fraction of sp³-hybridized carbons (Fsp3) is 0.312. The van der Waals surface area contributed by atoms with Crippen LogP contribution in [0.2, 0.25) is 0 Å². The van der Waals surface area contributed by atoms with E-state index < -0.39 is 0 Å². The van der Waals surface area contributed by atoms with Crippen LogP contribution in [0, 0.1) is 5.82 Å².